The fraction of sp³-hybridized carbons (Fsp3) is 0.118. The molecular formula is C17H15FN4O. The van der Waals surface area contributed by atoms with Gasteiger partial charge in [-0.05, 0) is 36.2 Å². The maximum Gasteiger partial charge on any atom is 0.252 e. The van der Waals surface area contributed by atoms with E-state index < -0.39 is 0 Å². The predicted molar refractivity (Wildman–Crippen MR) is 86.7 cm³/mol. The van der Waals surface area contributed by atoms with Gasteiger partial charge < -0.3 is 5.32 Å². The van der Waals surface area contributed by atoms with Crippen molar-refractivity contribution in [2.24, 2.45) is 0 Å². The number of halogens is 1. The molecule has 0 aliphatic carbocycles. The number of pyridine rings is 1. The second kappa shape index (κ2) is 6.83. The molecule has 1 aromatic carbocycles. The first-order valence-electron chi connectivity index (χ1n) is 7.21. The summed E-state index contributed by atoms with van der Waals surface area (Å²) in [6.07, 6.45) is 4.00. The number of nitrogens with zero attached hydrogens (tertiary/aromatic N) is 2. The Bertz CT molecular complexity index is 831. The number of rotatable bonds is 5. The first-order chi connectivity index (χ1) is 11.2. The lowest BCUT2D eigenvalue weighted by Crippen LogP contribution is -2.14. The minimum atomic E-state index is -0.252. The molecule has 0 spiro atoms. The van der Waals surface area contributed by atoms with Gasteiger partial charge in [-0.15, -0.1) is 0 Å². The molecule has 0 atom stereocenters. The van der Waals surface area contributed by atoms with Crippen LogP contribution in [0.4, 0.5) is 10.3 Å². The summed E-state index contributed by atoms with van der Waals surface area (Å²) in [7, 11) is 0. The average molecular weight is 310 g/mol. The molecule has 0 saturated heterocycles. The van der Waals surface area contributed by atoms with Gasteiger partial charge in [0.2, 0.25) is 5.95 Å². The molecule has 116 valence electrons. The van der Waals surface area contributed by atoms with Crippen molar-refractivity contribution < 1.29 is 4.39 Å². The van der Waals surface area contributed by atoms with Crippen LogP contribution in [0.25, 0.3) is 11.3 Å². The summed E-state index contributed by atoms with van der Waals surface area (Å²) < 4.78 is 12.9. The second-order valence-corrected chi connectivity index (χ2v) is 5.02. The summed E-state index contributed by atoms with van der Waals surface area (Å²) in [4.78, 5) is 22.8. The number of aromatic nitrogens is 3. The van der Waals surface area contributed by atoms with Crippen molar-refractivity contribution in [3.05, 3.63) is 76.6 Å². The number of H-pyrrole nitrogens is 1. The molecule has 3 rings (SSSR count). The van der Waals surface area contributed by atoms with Crippen molar-refractivity contribution in [1.29, 1.82) is 0 Å². The van der Waals surface area contributed by atoms with E-state index in [9.17, 15) is 9.18 Å². The summed E-state index contributed by atoms with van der Waals surface area (Å²) in [5, 5.41) is 3.08. The molecule has 0 bridgehead atoms. The van der Waals surface area contributed by atoms with E-state index in [1.165, 1.54) is 18.2 Å². The van der Waals surface area contributed by atoms with Gasteiger partial charge in [0.25, 0.3) is 5.56 Å². The van der Waals surface area contributed by atoms with Gasteiger partial charge in [0.1, 0.15) is 5.82 Å². The Morgan fingerprint density at radius 3 is 2.57 bits per heavy atom. The van der Waals surface area contributed by atoms with Crippen LogP contribution in [-0.4, -0.2) is 21.5 Å². The van der Waals surface area contributed by atoms with Crippen LogP contribution in [0.1, 0.15) is 5.56 Å². The Morgan fingerprint density at radius 1 is 1.09 bits per heavy atom. The third-order valence-electron chi connectivity index (χ3n) is 3.34. The zero-order valence-corrected chi connectivity index (χ0v) is 12.3. The van der Waals surface area contributed by atoms with Crippen LogP contribution in [0.5, 0.6) is 0 Å². The second-order valence-electron chi connectivity index (χ2n) is 5.02. The fourth-order valence-electron chi connectivity index (χ4n) is 2.19. The molecule has 23 heavy (non-hydrogen) atoms. The molecule has 0 radical (unpaired) electrons. The molecule has 0 amide bonds. The van der Waals surface area contributed by atoms with E-state index in [4.69, 9.17) is 0 Å². The van der Waals surface area contributed by atoms with E-state index in [1.807, 2.05) is 0 Å². The van der Waals surface area contributed by atoms with Crippen molar-refractivity contribution in [3.8, 4) is 11.3 Å². The number of aromatic amines is 1. The van der Waals surface area contributed by atoms with Crippen molar-refractivity contribution in [2.45, 2.75) is 6.42 Å². The van der Waals surface area contributed by atoms with Crippen LogP contribution >= 0.6 is 0 Å². The van der Waals surface area contributed by atoms with Crippen molar-refractivity contribution in [1.82, 2.24) is 15.0 Å². The smallest absolute Gasteiger partial charge is 0.252 e. The molecule has 0 fully saturated rings. The fourth-order valence-corrected chi connectivity index (χ4v) is 2.19. The molecule has 0 unspecified atom stereocenters. The number of hydrogen-bond donors (Lipinski definition) is 2. The molecule has 3 aromatic rings. The van der Waals surface area contributed by atoms with Crippen LogP contribution in [0, 0.1) is 5.82 Å². The maximum atomic E-state index is 12.9. The van der Waals surface area contributed by atoms with Crippen LogP contribution in [0.15, 0.2) is 59.7 Å². The number of benzene rings is 1. The summed E-state index contributed by atoms with van der Waals surface area (Å²) in [5.41, 5.74) is 2.19. The van der Waals surface area contributed by atoms with Gasteiger partial charge in [0.15, 0.2) is 0 Å². The lowest BCUT2D eigenvalue weighted by Gasteiger charge is -2.07. The molecule has 0 saturated carbocycles. The quantitative estimate of drug-likeness (QED) is 0.760. The number of hydrogen-bond acceptors (Lipinski definition) is 4. The lowest BCUT2D eigenvalue weighted by molar-refractivity contribution is 0.627. The standard InChI is InChI=1S/C17H15FN4O/c18-14-3-1-12(2-4-14)5-10-20-17-21-15(11-16(23)22-17)13-6-8-19-9-7-13/h1-4,6-9,11H,5,10H2,(H2,20,21,22,23). The van der Waals surface area contributed by atoms with Gasteiger partial charge in [0.05, 0.1) is 5.69 Å². The summed E-state index contributed by atoms with van der Waals surface area (Å²) in [6.45, 7) is 0.578. The number of nitrogens with one attached hydrogen (secondary N) is 2. The van der Waals surface area contributed by atoms with Crippen LogP contribution in [-0.2, 0) is 6.42 Å². The Hall–Kier alpha value is -3.02. The highest BCUT2D eigenvalue weighted by atomic mass is 19.1. The van der Waals surface area contributed by atoms with E-state index >= 15 is 0 Å². The number of anilines is 1. The van der Waals surface area contributed by atoms with Crippen molar-refractivity contribution >= 4 is 5.95 Å². The van der Waals surface area contributed by atoms with Crippen LogP contribution in [0.3, 0.4) is 0 Å². The minimum Gasteiger partial charge on any atom is -0.355 e. The zero-order valence-electron chi connectivity index (χ0n) is 12.3. The molecular weight excluding hydrogens is 295 g/mol. The SMILES string of the molecule is O=c1cc(-c2ccncc2)nc(NCCc2ccc(F)cc2)[nH]1. The average Bonchev–Trinajstić information content (AvgIpc) is 2.57. The van der Waals surface area contributed by atoms with E-state index in [2.05, 4.69) is 20.3 Å². The van der Waals surface area contributed by atoms with Gasteiger partial charge >= 0.3 is 0 Å². The molecule has 2 aromatic heterocycles. The molecule has 6 heteroatoms. The summed E-state index contributed by atoms with van der Waals surface area (Å²) >= 11 is 0. The molecule has 2 N–H and O–H groups in total. The van der Waals surface area contributed by atoms with E-state index in [0.29, 0.717) is 24.6 Å². The normalized spacial score (nSPS) is 10.5. The highest BCUT2D eigenvalue weighted by Crippen LogP contribution is 2.14. The predicted octanol–water partition coefficient (Wildman–Crippen LogP) is 2.63. The highest BCUT2D eigenvalue weighted by Gasteiger charge is 2.04. The molecule has 5 nitrogen and oxygen atoms in total. The minimum absolute atomic E-state index is 0.226. The monoisotopic (exact) mass is 310 g/mol. The zero-order chi connectivity index (χ0) is 16.1. The van der Waals surface area contributed by atoms with Gasteiger partial charge in [-0.25, -0.2) is 9.37 Å². The van der Waals surface area contributed by atoms with Gasteiger partial charge in [-0.1, -0.05) is 12.1 Å². The lowest BCUT2D eigenvalue weighted by atomic mass is 10.1. The first kappa shape index (κ1) is 14.9. The van der Waals surface area contributed by atoms with E-state index in [-0.39, 0.29) is 11.4 Å². The molecule has 0 aliphatic rings. The topological polar surface area (TPSA) is 70.7 Å². The summed E-state index contributed by atoms with van der Waals surface area (Å²) in [6, 6.07) is 11.4. The third kappa shape index (κ3) is 4.00. The highest BCUT2D eigenvalue weighted by molar-refractivity contribution is 5.58. The Kier molecular flexibility index (Phi) is 4.42. The van der Waals surface area contributed by atoms with Gasteiger partial charge in [-0.3, -0.25) is 14.8 Å². The van der Waals surface area contributed by atoms with Gasteiger partial charge in [-0.2, -0.15) is 0 Å². The van der Waals surface area contributed by atoms with Crippen molar-refractivity contribution in [3.63, 3.8) is 0 Å². The third-order valence-corrected chi connectivity index (χ3v) is 3.34. The molecule has 2 heterocycles. The molecule has 0 aliphatic heterocycles. The van der Waals surface area contributed by atoms with E-state index in [1.54, 1.807) is 36.7 Å². The first-order valence-corrected chi connectivity index (χ1v) is 7.21. The Morgan fingerprint density at radius 2 is 1.83 bits per heavy atom. The Labute approximate surface area is 132 Å². The van der Waals surface area contributed by atoms with E-state index in [0.717, 1.165) is 11.1 Å². The van der Waals surface area contributed by atoms with Crippen molar-refractivity contribution in [2.75, 3.05) is 11.9 Å². The van der Waals surface area contributed by atoms with Crippen LogP contribution in [0.2, 0.25) is 0 Å². The largest absolute Gasteiger partial charge is 0.355 e. The summed E-state index contributed by atoms with van der Waals surface area (Å²) in [5.74, 6) is 0.157. The van der Waals surface area contributed by atoms with Gasteiger partial charge in [0, 0.05) is 30.6 Å². The maximum absolute atomic E-state index is 12.9. The Balaban J connectivity index is 1.69. The van der Waals surface area contributed by atoms with Crippen LogP contribution < -0.4 is 10.9 Å².